The van der Waals surface area contributed by atoms with Gasteiger partial charge in [0.25, 0.3) is 0 Å². The lowest BCUT2D eigenvalue weighted by atomic mass is 9.96. The van der Waals surface area contributed by atoms with Crippen molar-refractivity contribution in [1.82, 2.24) is 5.32 Å². The highest BCUT2D eigenvalue weighted by Crippen LogP contribution is 2.26. The topological polar surface area (TPSA) is 49.3 Å². The molecule has 0 radical (unpaired) electrons. The first-order valence-corrected chi connectivity index (χ1v) is 7.23. The van der Waals surface area contributed by atoms with Crippen molar-refractivity contribution in [2.24, 2.45) is 5.41 Å². The third kappa shape index (κ3) is 6.13. The Bertz CT molecular complexity index is 288. The van der Waals surface area contributed by atoms with Crippen LogP contribution in [0.2, 0.25) is 0 Å². The van der Waals surface area contributed by atoms with Crippen molar-refractivity contribution in [2.75, 3.05) is 18.1 Å². The van der Waals surface area contributed by atoms with Gasteiger partial charge in [-0.3, -0.25) is 4.79 Å². The summed E-state index contributed by atoms with van der Waals surface area (Å²) in [7, 11) is 0. The Morgan fingerprint density at radius 2 is 2.00 bits per heavy atom. The number of hydrogen-bond acceptors (Lipinski definition) is 3. The summed E-state index contributed by atoms with van der Waals surface area (Å²) in [4.78, 5) is 11.6. The predicted octanol–water partition coefficient (Wildman–Crippen LogP) is 1.96. The third-order valence-electron chi connectivity index (χ3n) is 2.75. The van der Waals surface area contributed by atoms with Crippen molar-refractivity contribution in [3.8, 4) is 0 Å². The summed E-state index contributed by atoms with van der Waals surface area (Å²) in [5.74, 6) is 1.83. The molecule has 17 heavy (non-hydrogen) atoms. The summed E-state index contributed by atoms with van der Waals surface area (Å²) in [6.07, 6.45) is 4.96. The van der Waals surface area contributed by atoms with Gasteiger partial charge in [0.05, 0.1) is 5.60 Å². The Morgan fingerprint density at radius 1 is 1.41 bits per heavy atom. The molecule has 3 nitrogen and oxygen atoms in total. The van der Waals surface area contributed by atoms with Crippen LogP contribution in [0.1, 0.15) is 33.6 Å². The Balaban J connectivity index is 2.35. The minimum Gasteiger partial charge on any atom is -0.388 e. The van der Waals surface area contributed by atoms with E-state index in [9.17, 15) is 9.90 Å². The highest BCUT2D eigenvalue weighted by Gasteiger charge is 2.29. The van der Waals surface area contributed by atoms with Gasteiger partial charge in [-0.1, -0.05) is 26.8 Å². The van der Waals surface area contributed by atoms with Gasteiger partial charge in [-0.2, -0.15) is 11.8 Å². The highest BCUT2D eigenvalue weighted by molar-refractivity contribution is 7.99. The fourth-order valence-electron chi connectivity index (χ4n) is 1.56. The Kier molecular flexibility index (Phi) is 5.07. The smallest absolute Gasteiger partial charge is 0.243 e. The van der Waals surface area contributed by atoms with Crippen LogP contribution in [0.4, 0.5) is 0 Å². The molecule has 1 aliphatic rings. The van der Waals surface area contributed by atoms with E-state index in [-0.39, 0.29) is 11.3 Å². The van der Waals surface area contributed by atoms with Crippen molar-refractivity contribution in [2.45, 2.75) is 39.2 Å². The van der Waals surface area contributed by atoms with Crippen molar-refractivity contribution in [3.05, 3.63) is 12.2 Å². The first-order chi connectivity index (χ1) is 7.81. The number of hydrogen-bond donors (Lipinski definition) is 2. The van der Waals surface area contributed by atoms with Gasteiger partial charge in [0.15, 0.2) is 0 Å². The standard InChI is InChI=1S/C13H23NO2S/c1-12(2,3)5-4-11(15)14-10-13(16)6-8-17-9-7-13/h4-5,16H,6-10H2,1-3H3,(H,14,15). The fraction of sp³-hybridized carbons (Fsp3) is 0.769. The lowest BCUT2D eigenvalue weighted by Crippen LogP contribution is -2.45. The molecule has 0 aromatic rings. The maximum Gasteiger partial charge on any atom is 0.243 e. The minimum atomic E-state index is -0.698. The molecule has 0 bridgehead atoms. The quantitative estimate of drug-likeness (QED) is 0.760. The average Bonchev–Trinajstić information content (AvgIpc) is 2.24. The summed E-state index contributed by atoms with van der Waals surface area (Å²) in [5.41, 5.74) is -0.688. The fourth-order valence-corrected chi connectivity index (χ4v) is 2.82. The zero-order valence-corrected chi connectivity index (χ0v) is 11.8. The van der Waals surface area contributed by atoms with E-state index < -0.39 is 5.60 Å². The lowest BCUT2D eigenvalue weighted by Gasteiger charge is -2.31. The van der Waals surface area contributed by atoms with Crippen LogP contribution < -0.4 is 5.32 Å². The molecule has 0 unspecified atom stereocenters. The van der Waals surface area contributed by atoms with E-state index in [1.807, 2.05) is 38.6 Å². The van der Waals surface area contributed by atoms with Crippen molar-refractivity contribution >= 4 is 17.7 Å². The summed E-state index contributed by atoms with van der Waals surface area (Å²) >= 11 is 1.86. The Morgan fingerprint density at radius 3 is 2.53 bits per heavy atom. The third-order valence-corrected chi connectivity index (χ3v) is 3.74. The second-order valence-electron chi connectivity index (χ2n) is 5.75. The van der Waals surface area contributed by atoms with E-state index in [1.165, 1.54) is 0 Å². The zero-order valence-electron chi connectivity index (χ0n) is 11.0. The molecule has 0 aromatic heterocycles. The largest absolute Gasteiger partial charge is 0.388 e. The number of amides is 1. The summed E-state index contributed by atoms with van der Waals surface area (Å²) < 4.78 is 0. The number of nitrogens with one attached hydrogen (secondary N) is 1. The van der Waals surface area contributed by atoms with E-state index in [2.05, 4.69) is 5.32 Å². The molecule has 1 heterocycles. The van der Waals surface area contributed by atoms with Crippen LogP contribution in [0.15, 0.2) is 12.2 Å². The van der Waals surface area contributed by atoms with Gasteiger partial charge >= 0.3 is 0 Å². The first-order valence-electron chi connectivity index (χ1n) is 6.08. The van der Waals surface area contributed by atoms with Crippen molar-refractivity contribution < 1.29 is 9.90 Å². The van der Waals surface area contributed by atoms with Crippen LogP contribution in [0.3, 0.4) is 0 Å². The van der Waals surface area contributed by atoms with Gasteiger partial charge < -0.3 is 10.4 Å². The average molecular weight is 257 g/mol. The number of thioether (sulfide) groups is 1. The van der Waals surface area contributed by atoms with Crippen LogP contribution in [-0.2, 0) is 4.79 Å². The maximum atomic E-state index is 11.6. The van der Waals surface area contributed by atoms with Gasteiger partial charge in [0.1, 0.15) is 0 Å². The molecule has 1 aliphatic heterocycles. The molecule has 0 aliphatic carbocycles. The van der Waals surface area contributed by atoms with Gasteiger partial charge in [0.2, 0.25) is 5.91 Å². The number of rotatable bonds is 3. The number of carbonyl (C=O) groups excluding carboxylic acids is 1. The molecule has 98 valence electrons. The van der Waals surface area contributed by atoms with Gasteiger partial charge in [0, 0.05) is 6.54 Å². The number of allylic oxidation sites excluding steroid dienone is 1. The van der Waals surface area contributed by atoms with Crippen LogP contribution in [0, 0.1) is 5.41 Å². The van der Waals surface area contributed by atoms with Gasteiger partial charge in [-0.15, -0.1) is 0 Å². The normalized spacial score (nSPS) is 20.5. The summed E-state index contributed by atoms with van der Waals surface area (Å²) in [6.45, 7) is 6.49. The molecule has 1 amide bonds. The second kappa shape index (κ2) is 5.91. The number of carbonyl (C=O) groups is 1. The van der Waals surface area contributed by atoms with E-state index in [0.717, 1.165) is 24.3 Å². The Hall–Kier alpha value is -0.480. The van der Waals surface area contributed by atoms with Crippen LogP contribution >= 0.6 is 11.8 Å². The second-order valence-corrected chi connectivity index (χ2v) is 6.98. The molecule has 1 saturated heterocycles. The Labute approximate surface area is 108 Å². The molecule has 0 atom stereocenters. The molecule has 0 aromatic carbocycles. The van der Waals surface area contributed by atoms with Crippen molar-refractivity contribution in [1.29, 1.82) is 0 Å². The van der Waals surface area contributed by atoms with Gasteiger partial charge in [-0.25, -0.2) is 0 Å². The predicted molar refractivity (Wildman–Crippen MR) is 73.1 cm³/mol. The molecule has 1 rings (SSSR count). The van der Waals surface area contributed by atoms with E-state index in [4.69, 9.17) is 0 Å². The van der Waals surface area contributed by atoms with Crippen LogP contribution in [0.5, 0.6) is 0 Å². The maximum absolute atomic E-state index is 11.6. The summed E-state index contributed by atoms with van der Waals surface area (Å²) in [6, 6.07) is 0. The molecule has 0 saturated carbocycles. The zero-order chi connectivity index (χ0) is 12.9. The van der Waals surface area contributed by atoms with E-state index in [1.54, 1.807) is 6.08 Å². The minimum absolute atomic E-state index is 0.00964. The summed E-state index contributed by atoms with van der Waals surface area (Å²) in [5, 5.41) is 13.0. The first kappa shape index (κ1) is 14.6. The van der Waals surface area contributed by atoms with E-state index in [0.29, 0.717) is 6.54 Å². The molecular weight excluding hydrogens is 234 g/mol. The van der Waals surface area contributed by atoms with Crippen molar-refractivity contribution in [3.63, 3.8) is 0 Å². The molecule has 0 spiro atoms. The van der Waals surface area contributed by atoms with Crippen LogP contribution in [-0.4, -0.2) is 34.7 Å². The van der Waals surface area contributed by atoms with E-state index >= 15 is 0 Å². The molecule has 2 N–H and O–H groups in total. The molecular formula is C13H23NO2S. The molecule has 4 heteroatoms. The SMILES string of the molecule is CC(C)(C)C=CC(=O)NCC1(O)CCSCC1. The molecule has 1 fully saturated rings. The number of aliphatic hydroxyl groups is 1. The van der Waals surface area contributed by atoms with Gasteiger partial charge in [-0.05, 0) is 35.8 Å². The monoisotopic (exact) mass is 257 g/mol. The lowest BCUT2D eigenvalue weighted by molar-refractivity contribution is -0.117. The highest BCUT2D eigenvalue weighted by atomic mass is 32.2. The van der Waals surface area contributed by atoms with Crippen LogP contribution in [0.25, 0.3) is 0 Å².